The standard InChI is InChI=1S/C14H21NOS/c1-17-13-7-5-11(6-8-13)9-15-10-12-3-2-4-14(12)16/h5-8,12,14-16H,2-4,9-10H2,1H3. The van der Waals surface area contributed by atoms with Crippen molar-refractivity contribution in [3.8, 4) is 0 Å². The summed E-state index contributed by atoms with van der Waals surface area (Å²) in [4.78, 5) is 1.31. The van der Waals surface area contributed by atoms with E-state index in [0.717, 1.165) is 19.5 Å². The molecule has 2 N–H and O–H groups in total. The van der Waals surface area contributed by atoms with Gasteiger partial charge in [-0.3, -0.25) is 0 Å². The zero-order valence-electron chi connectivity index (χ0n) is 10.4. The Balaban J connectivity index is 1.73. The monoisotopic (exact) mass is 251 g/mol. The van der Waals surface area contributed by atoms with E-state index < -0.39 is 0 Å². The molecule has 0 aromatic heterocycles. The lowest BCUT2D eigenvalue weighted by atomic mass is 10.1. The molecule has 2 rings (SSSR count). The van der Waals surface area contributed by atoms with Crippen LogP contribution in [0, 0.1) is 5.92 Å². The van der Waals surface area contributed by atoms with Crippen molar-refractivity contribution in [1.29, 1.82) is 0 Å². The molecule has 0 heterocycles. The Kier molecular flexibility index (Phi) is 4.89. The van der Waals surface area contributed by atoms with Crippen molar-refractivity contribution < 1.29 is 5.11 Å². The number of hydrogen-bond donors (Lipinski definition) is 2. The lowest BCUT2D eigenvalue weighted by molar-refractivity contribution is 0.131. The fourth-order valence-corrected chi connectivity index (χ4v) is 2.81. The maximum atomic E-state index is 9.71. The molecule has 1 fully saturated rings. The number of benzene rings is 1. The van der Waals surface area contributed by atoms with Crippen LogP contribution in [0.1, 0.15) is 24.8 Å². The van der Waals surface area contributed by atoms with Crippen LogP contribution in [0.15, 0.2) is 29.2 Å². The van der Waals surface area contributed by atoms with Gasteiger partial charge in [-0.1, -0.05) is 18.6 Å². The van der Waals surface area contributed by atoms with Gasteiger partial charge >= 0.3 is 0 Å². The second kappa shape index (κ2) is 6.43. The van der Waals surface area contributed by atoms with Gasteiger partial charge in [0.2, 0.25) is 0 Å². The molecule has 17 heavy (non-hydrogen) atoms. The number of aliphatic hydroxyl groups excluding tert-OH is 1. The number of nitrogens with one attached hydrogen (secondary N) is 1. The summed E-state index contributed by atoms with van der Waals surface area (Å²) in [5.41, 5.74) is 1.32. The van der Waals surface area contributed by atoms with Crippen LogP contribution >= 0.6 is 11.8 Å². The van der Waals surface area contributed by atoms with E-state index >= 15 is 0 Å². The van der Waals surface area contributed by atoms with Gasteiger partial charge in [0, 0.05) is 18.0 Å². The van der Waals surface area contributed by atoms with Crippen molar-refractivity contribution in [1.82, 2.24) is 5.32 Å². The third kappa shape index (κ3) is 3.73. The number of hydrogen-bond acceptors (Lipinski definition) is 3. The summed E-state index contributed by atoms with van der Waals surface area (Å²) in [7, 11) is 0. The van der Waals surface area contributed by atoms with E-state index in [1.165, 1.54) is 23.3 Å². The number of thioether (sulfide) groups is 1. The molecule has 1 aliphatic carbocycles. The van der Waals surface area contributed by atoms with Crippen LogP contribution in [0.3, 0.4) is 0 Å². The van der Waals surface area contributed by atoms with Crippen molar-refractivity contribution in [3.05, 3.63) is 29.8 Å². The summed E-state index contributed by atoms with van der Waals surface area (Å²) in [5.74, 6) is 0.459. The predicted molar refractivity (Wildman–Crippen MR) is 73.3 cm³/mol. The topological polar surface area (TPSA) is 32.3 Å². The molecular formula is C14H21NOS. The van der Waals surface area contributed by atoms with Gasteiger partial charge in [-0.2, -0.15) is 0 Å². The van der Waals surface area contributed by atoms with Gasteiger partial charge in [0.15, 0.2) is 0 Å². The van der Waals surface area contributed by atoms with E-state index in [4.69, 9.17) is 0 Å². The van der Waals surface area contributed by atoms with E-state index in [2.05, 4.69) is 35.8 Å². The molecule has 0 aliphatic heterocycles. The summed E-state index contributed by atoms with van der Waals surface area (Å²) in [5, 5.41) is 13.2. The molecule has 2 unspecified atom stereocenters. The largest absolute Gasteiger partial charge is 0.393 e. The molecule has 0 saturated heterocycles. The zero-order valence-corrected chi connectivity index (χ0v) is 11.2. The van der Waals surface area contributed by atoms with Crippen molar-refractivity contribution in [2.45, 2.75) is 36.8 Å². The van der Waals surface area contributed by atoms with Crippen LogP contribution in [0.2, 0.25) is 0 Å². The van der Waals surface area contributed by atoms with Crippen LogP contribution < -0.4 is 5.32 Å². The maximum absolute atomic E-state index is 9.71. The highest BCUT2D eigenvalue weighted by atomic mass is 32.2. The molecule has 0 amide bonds. The van der Waals surface area contributed by atoms with E-state index in [1.54, 1.807) is 11.8 Å². The smallest absolute Gasteiger partial charge is 0.0580 e. The minimum absolute atomic E-state index is 0.0821. The molecule has 0 bridgehead atoms. The SMILES string of the molecule is CSc1ccc(CNCC2CCCC2O)cc1. The fraction of sp³-hybridized carbons (Fsp3) is 0.571. The van der Waals surface area contributed by atoms with Gasteiger partial charge in [-0.25, -0.2) is 0 Å². The Hall–Kier alpha value is -0.510. The fourth-order valence-electron chi connectivity index (χ4n) is 2.40. The average Bonchev–Trinajstić information content (AvgIpc) is 2.76. The average molecular weight is 251 g/mol. The van der Waals surface area contributed by atoms with Crippen molar-refractivity contribution >= 4 is 11.8 Å². The Morgan fingerprint density at radius 1 is 1.29 bits per heavy atom. The minimum Gasteiger partial charge on any atom is -0.393 e. The second-order valence-electron chi connectivity index (χ2n) is 4.74. The van der Waals surface area contributed by atoms with Crippen molar-refractivity contribution in [2.75, 3.05) is 12.8 Å². The Morgan fingerprint density at radius 2 is 2.06 bits per heavy atom. The van der Waals surface area contributed by atoms with E-state index in [-0.39, 0.29) is 6.10 Å². The molecule has 2 nitrogen and oxygen atoms in total. The molecule has 0 spiro atoms. The quantitative estimate of drug-likeness (QED) is 0.789. The molecule has 1 aromatic rings. The number of aliphatic hydroxyl groups is 1. The molecule has 0 radical (unpaired) electrons. The predicted octanol–water partition coefficient (Wildman–Crippen LogP) is 2.66. The van der Waals surface area contributed by atoms with Gasteiger partial charge < -0.3 is 10.4 Å². The first kappa shape index (κ1) is 12.9. The lowest BCUT2D eigenvalue weighted by Crippen LogP contribution is -2.27. The maximum Gasteiger partial charge on any atom is 0.0580 e. The van der Waals surface area contributed by atoms with E-state index in [1.807, 2.05) is 0 Å². The van der Waals surface area contributed by atoms with Crippen LogP contribution in [-0.4, -0.2) is 24.0 Å². The van der Waals surface area contributed by atoms with E-state index in [9.17, 15) is 5.11 Å². The van der Waals surface area contributed by atoms with Gasteiger partial charge in [0.25, 0.3) is 0 Å². The first-order valence-corrected chi connectivity index (χ1v) is 7.54. The summed E-state index contributed by atoms with van der Waals surface area (Å²) in [6, 6.07) is 8.66. The van der Waals surface area contributed by atoms with Crippen molar-refractivity contribution in [3.63, 3.8) is 0 Å². The highest BCUT2D eigenvalue weighted by Gasteiger charge is 2.24. The normalized spacial score (nSPS) is 24.1. The van der Waals surface area contributed by atoms with Crippen LogP contribution in [0.4, 0.5) is 0 Å². The van der Waals surface area contributed by atoms with Crippen LogP contribution in [-0.2, 0) is 6.54 Å². The van der Waals surface area contributed by atoms with Gasteiger partial charge in [-0.05, 0) is 42.7 Å². The molecular weight excluding hydrogens is 230 g/mol. The summed E-state index contributed by atoms with van der Waals surface area (Å²) >= 11 is 1.77. The van der Waals surface area contributed by atoms with Gasteiger partial charge in [0.1, 0.15) is 0 Å². The summed E-state index contributed by atoms with van der Waals surface area (Å²) < 4.78 is 0. The lowest BCUT2D eigenvalue weighted by Gasteiger charge is -2.15. The van der Waals surface area contributed by atoms with Crippen LogP contribution in [0.25, 0.3) is 0 Å². The van der Waals surface area contributed by atoms with Gasteiger partial charge in [0.05, 0.1) is 6.10 Å². The highest BCUT2D eigenvalue weighted by molar-refractivity contribution is 7.98. The summed E-state index contributed by atoms with van der Waals surface area (Å²) in [6.07, 6.45) is 5.33. The highest BCUT2D eigenvalue weighted by Crippen LogP contribution is 2.24. The molecule has 94 valence electrons. The van der Waals surface area contributed by atoms with Gasteiger partial charge in [-0.15, -0.1) is 11.8 Å². The second-order valence-corrected chi connectivity index (χ2v) is 5.62. The molecule has 3 heteroatoms. The molecule has 1 aromatic carbocycles. The Labute approximate surface area is 108 Å². The third-order valence-corrected chi connectivity index (χ3v) is 4.26. The number of rotatable bonds is 5. The Bertz CT molecular complexity index is 339. The minimum atomic E-state index is -0.0821. The Morgan fingerprint density at radius 3 is 2.65 bits per heavy atom. The first-order chi connectivity index (χ1) is 8.29. The summed E-state index contributed by atoms with van der Waals surface area (Å²) in [6.45, 7) is 1.84. The van der Waals surface area contributed by atoms with E-state index in [0.29, 0.717) is 5.92 Å². The molecule has 1 saturated carbocycles. The third-order valence-electron chi connectivity index (χ3n) is 3.51. The first-order valence-electron chi connectivity index (χ1n) is 6.31. The molecule has 1 aliphatic rings. The molecule has 2 atom stereocenters. The van der Waals surface area contributed by atoms with Crippen molar-refractivity contribution in [2.24, 2.45) is 5.92 Å². The zero-order chi connectivity index (χ0) is 12.1. The van der Waals surface area contributed by atoms with Crippen LogP contribution in [0.5, 0.6) is 0 Å².